The molecule has 1 saturated carbocycles. The Morgan fingerprint density at radius 3 is 2.45 bits per heavy atom. The lowest BCUT2D eigenvalue weighted by Gasteiger charge is -2.29. The molecule has 1 aliphatic rings. The van der Waals surface area contributed by atoms with Gasteiger partial charge in [-0.25, -0.2) is 0 Å². The summed E-state index contributed by atoms with van der Waals surface area (Å²) in [5, 5.41) is 0. The molecule has 0 unspecified atom stereocenters. The normalized spacial score (nSPS) is 16.7. The molecule has 2 heteroatoms. The third-order valence-corrected chi connectivity index (χ3v) is 4.47. The highest BCUT2D eigenvalue weighted by Crippen LogP contribution is 2.24. The highest BCUT2D eigenvalue weighted by molar-refractivity contribution is 5.14. The van der Waals surface area contributed by atoms with Gasteiger partial charge in [0, 0.05) is 19.6 Å². The van der Waals surface area contributed by atoms with Gasteiger partial charge in [0.25, 0.3) is 0 Å². The number of nitrogens with zero attached hydrogens (tertiary/aromatic N) is 1. The van der Waals surface area contributed by atoms with E-state index in [1.165, 1.54) is 63.6 Å². The molecule has 2 N–H and O–H groups in total. The summed E-state index contributed by atoms with van der Waals surface area (Å²) in [4.78, 5) is 2.60. The number of nitrogens with two attached hydrogens (primary N) is 1. The molecule has 2 rings (SSSR count). The summed E-state index contributed by atoms with van der Waals surface area (Å²) in [6.07, 6.45) is 9.61. The number of aryl methyl sites for hydroxylation is 1. The molecule has 0 spiro atoms. The topological polar surface area (TPSA) is 29.3 Å². The Balaban J connectivity index is 1.71. The van der Waals surface area contributed by atoms with Crippen LogP contribution in [0, 0.1) is 5.92 Å². The second-order valence-corrected chi connectivity index (χ2v) is 6.18. The standard InChI is InChI=1S/C18H30N2/c19-13-15-20(16-18-10-5-2-6-11-18)14-7-12-17-8-3-1-4-9-17/h1,3-4,8-9,18H,2,5-7,10-16,19H2. The zero-order valence-electron chi connectivity index (χ0n) is 12.8. The monoisotopic (exact) mass is 274 g/mol. The molecule has 0 saturated heterocycles. The van der Waals surface area contributed by atoms with Gasteiger partial charge >= 0.3 is 0 Å². The molecule has 1 aromatic rings. The van der Waals surface area contributed by atoms with Gasteiger partial charge in [0.05, 0.1) is 0 Å². The van der Waals surface area contributed by atoms with Crippen LogP contribution in [0.15, 0.2) is 30.3 Å². The molecule has 0 atom stereocenters. The van der Waals surface area contributed by atoms with Gasteiger partial charge in [0.2, 0.25) is 0 Å². The Hall–Kier alpha value is -0.860. The first-order chi connectivity index (χ1) is 9.88. The summed E-state index contributed by atoms with van der Waals surface area (Å²) in [5.74, 6) is 0.923. The van der Waals surface area contributed by atoms with Crippen LogP contribution in [-0.2, 0) is 6.42 Å². The second kappa shape index (κ2) is 9.15. The minimum Gasteiger partial charge on any atom is -0.329 e. The molecule has 112 valence electrons. The zero-order valence-corrected chi connectivity index (χ0v) is 12.8. The summed E-state index contributed by atoms with van der Waals surface area (Å²) >= 11 is 0. The summed E-state index contributed by atoms with van der Waals surface area (Å²) < 4.78 is 0. The zero-order chi connectivity index (χ0) is 14.0. The van der Waals surface area contributed by atoms with Crippen molar-refractivity contribution in [3.05, 3.63) is 35.9 Å². The van der Waals surface area contributed by atoms with Crippen LogP contribution in [0.25, 0.3) is 0 Å². The van der Waals surface area contributed by atoms with Gasteiger partial charge in [-0.05, 0) is 43.7 Å². The molecule has 0 bridgehead atoms. The van der Waals surface area contributed by atoms with Crippen molar-refractivity contribution in [2.75, 3.05) is 26.2 Å². The predicted octanol–water partition coefficient (Wildman–Crippen LogP) is 3.46. The van der Waals surface area contributed by atoms with Gasteiger partial charge in [-0.1, -0.05) is 49.6 Å². The van der Waals surface area contributed by atoms with E-state index in [-0.39, 0.29) is 0 Å². The maximum Gasteiger partial charge on any atom is 0.0105 e. The third-order valence-electron chi connectivity index (χ3n) is 4.47. The van der Waals surface area contributed by atoms with Gasteiger partial charge in [-0.2, -0.15) is 0 Å². The maximum atomic E-state index is 5.78. The van der Waals surface area contributed by atoms with E-state index in [1.54, 1.807) is 0 Å². The van der Waals surface area contributed by atoms with E-state index in [9.17, 15) is 0 Å². The quantitative estimate of drug-likeness (QED) is 0.786. The van der Waals surface area contributed by atoms with Crippen LogP contribution < -0.4 is 5.73 Å². The number of benzene rings is 1. The van der Waals surface area contributed by atoms with Crippen LogP contribution >= 0.6 is 0 Å². The van der Waals surface area contributed by atoms with Gasteiger partial charge in [0.15, 0.2) is 0 Å². The predicted molar refractivity (Wildman–Crippen MR) is 86.8 cm³/mol. The molecular weight excluding hydrogens is 244 g/mol. The van der Waals surface area contributed by atoms with E-state index in [4.69, 9.17) is 5.73 Å². The van der Waals surface area contributed by atoms with Gasteiger partial charge < -0.3 is 10.6 Å². The Labute approximate surface area is 124 Å². The molecule has 1 fully saturated rings. The molecule has 20 heavy (non-hydrogen) atoms. The average molecular weight is 274 g/mol. The molecule has 0 aromatic heterocycles. The minimum atomic E-state index is 0.790. The van der Waals surface area contributed by atoms with E-state index >= 15 is 0 Å². The smallest absolute Gasteiger partial charge is 0.0105 e. The Morgan fingerprint density at radius 1 is 1.00 bits per heavy atom. The summed E-state index contributed by atoms with van der Waals surface area (Å²) in [6.45, 7) is 4.32. The second-order valence-electron chi connectivity index (χ2n) is 6.18. The van der Waals surface area contributed by atoms with Crippen molar-refractivity contribution in [1.29, 1.82) is 0 Å². The number of hydrogen-bond acceptors (Lipinski definition) is 2. The minimum absolute atomic E-state index is 0.790. The van der Waals surface area contributed by atoms with Crippen molar-refractivity contribution in [2.45, 2.75) is 44.9 Å². The first-order valence-corrected chi connectivity index (χ1v) is 8.35. The highest BCUT2D eigenvalue weighted by Gasteiger charge is 2.16. The van der Waals surface area contributed by atoms with Crippen LogP contribution in [0.1, 0.15) is 44.1 Å². The van der Waals surface area contributed by atoms with Crippen LogP contribution in [0.5, 0.6) is 0 Å². The molecule has 1 aromatic carbocycles. The molecule has 2 nitrogen and oxygen atoms in total. The van der Waals surface area contributed by atoms with Crippen LogP contribution in [0.2, 0.25) is 0 Å². The molecular formula is C18H30N2. The number of rotatable bonds is 8. The van der Waals surface area contributed by atoms with E-state index < -0.39 is 0 Å². The van der Waals surface area contributed by atoms with Crippen molar-refractivity contribution >= 4 is 0 Å². The highest BCUT2D eigenvalue weighted by atomic mass is 15.1. The lowest BCUT2D eigenvalue weighted by molar-refractivity contribution is 0.203. The summed E-state index contributed by atoms with van der Waals surface area (Å²) in [5.41, 5.74) is 7.23. The SMILES string of the molecule is NCCN(CCCc1ccccc1)CC1CCCCC1. The van der Waals surface area contributed by atoms with Crippen molar-refractivity contribution in [3.63, 3.8) is 0 Å². The fourth-order valence-electron chi connectivity index (χ4n) is 3.36. The Kier molecular flexibility index (Phi) is 7.10. The van der Waals surface area contributed by atoms with Crippen molar-refractivity contribution in [3.8, 4) is 0 Å². The van der Waals surface area contributed by atoms with E-state index in [2.05, 4.69) is 35.2 Å². The van der Waals surface area contributed by atoms with Crippen molar-refractivity contribution in [2.24, 2.45) is 11.7 Å². The molecule has 0 amide bonds. The largest absolute Gasteiger partial charge is 0.329 e. The van der Waals surface area contributed by atoms with E-state index in [0.29, 0.717) is 0 Å². The first-order valence-electron chi connectivity index (χ1n) is 8.35. The molecule has 0 aliphatic heterocycles. The van der Waals surface area contributed by atoms with Gasteiger partial charge in [-0.15, -0.1) is 0 Å². The molecule has 1 aliphatic carbocycles. The van der Waals surface area contributed by atoms with Gasteiger partial charge in [-0.3, -0.25) is 0 Å². The van der Waals surface area contributed by atoms with Crippen molar-refractivity contribution in [1.82, 2.24) is 4.90 Å². The first kappa shape index (κ1) is 15.5. The van der Waals surface area contributed by atoms with Crippen LogP contribution in [0.3, 0.4) is 0 Å². The third kappa shape index (κ3) is 5.64. The number of hydrogen-bond donors (Lipinski definition) is 1. The van der Waals surface area contributed by atoms with E-state index in [1.807, 2.05) is 0 Å². The van der Waals surface area contributed by atoms with Crippen LogP contribution in [0.4, 0.5) is 0 Å². The summed E-state index contributed by atoms with van der Waals surface area (Å²) in [7, 11) is 0. The Morgan fingerprint density at radius 2 is 1.75 bits per heavy atom. The Bertz CT molecular complexity index is 344. The molecule has 0 heterocycles. The van der Waals surface area contributed by atoms with Crippen molar-refractivity contribution < 1.29 is 0 Å². The maximum absolute atomic E-state index is 5.78. The fraction of sp³-hybridized carbons (Fsp3) is 0.667. The molecule has 0 radical (unpaired) electrons. The van der Waals surface area contributed by atoms with Crippen LogP contribution in [-0.4, -0.2) is 31.1 Å². The fourth-order valence-corrected chi connectivity index (χ4v) is 3.36. The van der Waals surface area contributed by atoms with Gasteiger partial charge in [0.1, 0.15) is 0 Å². The lowest BCUT2D eigenvalue weighted by Crippen LogP contribution is -2.35. The lowest BCUT2D eigenvalue weighted by atomic mass is 9.89. The average Bonchev–Trinajstić information content (AvgIpc) is 2.49. The van der Waals surface area contributed by atoms with E-state index in [0.717, 1.165) is 19.0 Å². The summed E-state index contributed by atoms with van der Waals surface area (Å²) in [6, 6.07) is 10.8.